The van der Waals surface area contributed by atoms with Crippen molar-refractivity contribution in [2.75, 3.05) is 62.4 Å². The SMILES string of the molecule is Brc1ccc2c(N3CCOCC3)nncc2c1.Cc1cc(C(=O)O)sc1-c1ccc2c(N3CCOCC3)nncc2c1. The number of thiophene rings is 1. The van der Waals surface area contributed by atoms with Gasteiger partial charge in [-0.25, -0.2) is 4.79 Å². The fourth-order valence-electron chi connectivity index (χ4n) is 5.15. The topological polar surface area (TPSA) is 114 Å². The molecule has 0 bridgehead atoms. The van der Waals surface area contributed by atoms with Gasteiger partial charge in [-0.1, -0.05) is 22.0 Å². The summed E-state index contributed by atoms with van der Waals surface area (Å²) in [7, 11) is 0. The van der Waals surface area contributed by atoms with Crippen LogP contribution in [-0.2, 0) is 9.47 Å². The van der Waals surface area contributed by atoms with Gasteiger partial charge in [0.2, 0.25) is 0 Å². The van der Waals surface area contributed by atoms with Crippen LogP contribution >= 0.6 is 27.3 Å². The zero-order valence-electron chi connectivity index (χ0n) is 23.0. The van der Waals surface area contributed by atoms with E-state index in [-0.39, 0.29) is 0 Å². The summed E-state index contributed by atoms with van der Waals surface area (Å²) in [5.74, 6) is 0.945. The Balaban J connectivity index is 0.000000162. The smallest absolute Gasteiger partial charge is 0.345 e. The number of carboxylic acid groups (broad SMARTS) is 1. The maximum Gasteiger partial charge on any atom is 0.345 e. The molecule has 0 amide bonds. The number of hydrogen-bond donors (Lipinski definition) is 1. The molecular formula is C30H29BrN6O4S. The summed E-state index contributed by atoms with van der Waals surface area (Å²) in [4.78, 5) is 17.0. The summed E-state index contributed by atoms with van der Waals surface area (Å²) < 4.78 is 11.8. The van der Waals surface area contributed by atoms with Crippen molar-refractivity contribution in [2.24, 2.45) is 0 Å². The standard InChI is InChI=1S/C18H17N3O3S.C12H12BrN3O/c1-11-8-15(18(22)23)25-16(11)12-2-3-14-13(9-12)10-19-20-17(14)21-4-6-24-7-5-21;13-10-1-2-11-9(7-10)8-14-15-12(11)16-3-5-17-6-4-16/h2-3,8-10H,4-7H2,1H3,(H,22,23);1-2,7-8H,3-6H2. The Morgan fingerprint density at radius 2 is 1.38 bits per heavy atom. The van der Waals surface area contributed by atoms with Crippen molar-refractivity contribution in [2.45, 2.75) is 6.92 Å². The molecule has 0 aliphatic carbocycles. The molecule has 2 saturated heterocycles. The van der Waals surface area contributed by atoms with E-state index in [4.69, 9.17) is 9.47 Å². The average Bonchev–Trinajstić information content (AvgIpc) is 3.43. The van der Waals surface area contributed by atoms with E-state index in [0.717, 1.165) is 93.1 Å². The summed E-state index contributed by atoms with van der Waals surface area (Å²) in [5.41, 5.74) is 1.97. The van der Waals surface area contributed by atoms with Gasteiger partial charge < -0.3 is 24.4 Å². The molecule has 42 heavy (non-hydrogen) atoms. The summed E-state index contributed by atoms with van der Waals surface area (Å²) in [6.45, 7) is 8.22. The van der Waals surface area contributed by atoms with E-state index in [1.807, 2.05) is 25.1 Å². The Kier molecular flexibility index (Phi) is 8.56. The van der Waals surface area contributed by atoms with Crippen molar-refractivity contribution in [3.8, 4) is 10.4 Å². The van der Waals surface area contributed by atoms with Crippen molar-refractivity contribution in [3.63, 3.8) is 0 Å². The van der Waals surface area contributed by atoms with E-state index < -0.39 is 5.97 Å². The van der Waals surface area contributed by atoms with Crippen LogP contribution in [-0.4, -0.2) is 84.1 Å². The highest BCUT2D eigenvalue weighted by Gasteiger charge is 2.18. The molecule has 2 aromatic carbocycles. The van der Waals surface area contributed by atoms with Gasteiger partial charge in [0.05, 0.1) is 38.8 Å². The molecule has 3 aromatic heterocycles. The van der Waals surface area contributed by atoms with Crippen LogP contribution in [0.1, 0.15) is 15.2 Å². The molecule has 0 spiro atoms. The van der Waals surface area contributed by atoms with Gasteiger partial charge in [-0.05, 0) is 54.4 Å². The molecule has 1 N–H and O–H groups in total. The summed E-state index contributed by atoms with van der Waals surface area (Å²) in [5, 5.41) is 30.3. The van der Waals surface area contributed by atoms with Crippen LogP contribution < -0.4 is 9.80 Å². The number of morpholine rings is 2. The highest BCUT2D eigenvalue weighted by atomic mass is 79.9. The van der Waals surface area contributed by atoms with E-state index in [1.54, 1.807) is 18.5 Å². The van der Waals surface area contributed by atoms with Crippen LogP contribution in [0.15, 0.2) is 59.3 Å². The van der Waals surface area contributed by atoms with Crippen molar-refractivity contribution < 1.29 is 19.4 Å². The maximum atomic E-state index is 11.2. The van der Waals surface area contributed by atoms with Crippen molar-refractivity contribution in [3.05, 3.63) is 69.8 Å². The van der Waals surface area contributed by atoms with Crippen molar-refractivity contribution >= 4 is 66.4 Å². The molecule has 0 radical (unpaired) electrons. The van der Waals surface area contributed by atoms with Gasteiger partial charge in [-0.15, -0.1) is 21.5 Å². The first-order valence-corrected chi connectivity index (χ1v) is 15.2. The predicted molar refractivity (Wildman–Crippen MR) is 168 cm³/mol. The van der Waals surface area contributed by atoms with Crippen LogP contribution in [0.25, 0.3) is 32.0 Å². The highest BCUT2D eigenvalue weighted by molar-refractivity contribution is 9.10. The van der Waals surface area contributed by atoms with Crippen LogP contribution in [0.3, 0.4) is 0 Å². The number of nitrogens with zero attached hydrogens (tertiary/aromatic N) is 6. The minimum Gasteiger partial charge on any atom is -0.477 e. The van der Waals surface area contributed by atoms with Gasteiger partial charge in [0, 0.05) is 57.1 Å². The van der Waals surface area contributed by atoms with E-state index in [1.165, 1.54) is 11.3 Å². The number of halogens is 1. The Hall–Kier alpha value is -3.71. The minimum absolute atomic E-state index is 0.356. The molecule has 7 rings (SSSR count). The molecule has 5 aromatic rings. The van der Waals surface area contributed by atoms with Crippen LogP contribution in [0.5, 0.6) is 0 Å². The zero-order valence-corrected chi connectivity index (χ0v) is 25.4. The van der Waals surface area contributed by atoms with Gasteiger partial charge in [0.25, 0.3) is 0 Å². The number of benzene rings is 2. The van der Waals surface area contributed by atoms with Crippen LogP contribution in [0.2, 0.25) is 0 Å². The Labute approximate surface area is 255 Å². The van der Waals surface area contributed by atoms with Gasteiger partial charge in [-0.3, -0.25) is 0 Å². The minimum atomic E-state index is -0.888. The van der Waals surface area contributed by atoms with E-state index in [0.29, 0.717) is 18.1 Å². The number of aromatic nitrogens is 4. The number of ether oxygens (including phenoxy) is 2. The molecule has 2 fully saturated rings. The van der Waals surface area contributed by atoms with Crippen molar-refractivity contribution in [1.82, 2.24) is 20.4 Å². The lowest BCUT2D eigenvalue weighted by Gasteiger charge is -2.28. The van der Waals surface area contributed by atoms with E-state index in [2.05, 4.69) is 64.3 Å². The van der Waals surface area contributed by atoms with Gasteiger partial charge in [0.15, 0.2) is 11.6 Å². The molecule has 0 unspecified atom stereocenters. The van der Waals surface area contributed by atoms with Gasteiger partial charge in [-0.2, -0.15) is 10.2 Å². The summed E-state index contributed by atoms with van der Waals surface area (Å²) in [6.07, 6.45) is 3.55. The number of hydrogen-bond acceptors (Lipinski definition) is 10. The van der Waals surface area contributed by atoms with E-state index in [9.17, 15) is 9.90 Å². The Bertz CT molecular complexity index is 1740. The number of fused-ring (bicyclic) bond motifs is 2. The van der Waals surface area contributed by atoms with Gasteiger partial charge >= 0.3 is 5.97 Å². The maximum absolute atomic E-state index is 11.2. The Morgan fingerprint density at radius 1 is 0.833 bits per heavy atom. The molecule has 216 valence electrons. The monoisotopic (exact) mass is 648 g/mol. The molecule has 2 aliphatic heterocycles. The lowest BCUT2D eigenvalue weighted by Crippen LogP contribution is -2.37. The third-order valence-electron chi connectivity index (χ3n) is 7.26. The highest BCUT2D eigenvalue weighted by Crippen LogP contribution is 2.35. The van der Waals surface area contributed by atoms with Gasteiger partial charge in [0.1, 0.15) is 4.88 Å². The fraction of sp³-hybridized carbons (Fsp3) is 0.300. The van der Waals surface area contributed by atoms with Crippen LogP contribution in [0, 0.1) is 6.92 Å². The first kappa shape index (κ1) is 28.4. The lowest BCUT2D eigenvalue weighted by molar-refractivity contribution is 0.0702. The normalized spacial score (nSPS) is 15.5. The summed E-state index contributed by atoms with van der Waals surface area (Å²) >= 11 is 4.77. The van der Waals surface area contributed by atoms with Crippen LogP contribution in [0.4, 0.5) is 11.6 Å². The quantitative estimate of drug-likeness (QED) is 0.271. The Morgan fingerprint density at radius 3 is 1.93 bits per heavy atom. The molecule has 5 heterocycles. The number of aryl methyl sites for hydroxylation is 1. The first-order valence-electron chi connectivity index (χ1n) is 13.6. The second kappa shape index (κ2) is 12.7. The molecule has 10 nitrogen and oxygen atoms in total. The fourth-order valence-corrected chi connectivity index (χ4v) is 6.54. The predicted octanol–water partition coefficient (Wildman–Crippen LogP) is 5.43. The van der Waals surface area contributed by atoms with Crippen molar-refractivity contribution in [1.29, 1.82) is 0 Å². The molecule has 0 saturated carbocycles. The average molecular weight is 650 g/mol. The number of carboxylic acids is 1. The summed E-state index contributed by atoms with van der Waals surface area (Å²) in [6, 6.07) is 14.0. The lowest BCUT2D eigenvalue weighted by atomic mass is 10.1. The number of aromatic carboxylic acids is 1. The third-order valence-corrected chi connectivity index (χ3v) is 9.02. The number of rotatable bonds is 4. The second-order valence-electron chi connectivity index (χ2n) is 10.00. The first-order chi connectivity index (χ1) is 20.5. The molecule has 2 aliphatic rings. The number of carbonyl (C=O) groups is 1. The third kappa shape index (κ3) is 6.07. The zero-order chi connectivity index (χ0) is 29.1. The second-order valence-corrected chi connectivity index (χ2v) is 12.0. The molecule has 0 atom stereocenters. The van der Waals surface area contributed by atoms with E-state index >= 15 is 0 Å². The molecule has 12 heteroatoms. The number of anilines is 2. The largest absolute Gasteiger partial charge is 0.477 e. The molecular weight excluding hydrogens is 620 g/mol.